The van der Waals surface area contributed by atoms with Crippen LogP contribution in [-0.2, 0) is 17.7 Å². The lowest BCUT2D eigenvalue weighted by atomic mass is 10.2. The lowest BCUT2D eigenvalue weighted by Crippen LogP contribution is -2.18. The first-order chi connectivity index (χ1) is 8.85. The molecule has 0 unspecified atom stereocenters. The van der Waals surface area contributed by atoms with Crippen molar-refractivity contribution in [1.82, 2.24) is 10.3 Å². The summed E-state index contributed by atoms with van der Waals surface area (Å²) in [5.74, 6) is 1.51. The minimum Gasteiger partial charge on any atom is -0.469 e. The van der Waals surface area contributed by atoms with Crippen LogP contribution in [0.1, 0.15) is 18.4 Å². The van der Waals surface area contributed by atoms with Gasteiger partial charge in [0.15, 0.2) is 0 Å². The highest BCUT2D eigenvalue weighted by Gasteiger charge is 2.12. The van der Waals surface area contributed by atoms with Crippen LogP contribution in [0.25, 0.3) is 11.5 Å². The summed E-state index contributed by atoms with van der Waals surface area (Å²) < 4.78 is 15.8. The predicted octanol–water partition coefficient (Wildman–Crippen LogP) is 2.23. The van der Waals surface area contributed by atoms with E-state index in [0.717, 1.165) is 30.0 Å². The molecule has 5 nitrogen and oxygen atoms in total. The van der Waals surface area contributed by atoms with Crippen LogP contribution in [-0.4, -0.2) is 25.2 Å². The average Bonchev–Trinajstić information content (AvgIpc) is 3.02. The lowest BCUT2D eigenvalue weighted by Gasteiger charge is -1.99. The van der Waals surface area contributed by atoms with Crippen molar-refractivity contribution in [2.75, 3.05) is 20.3 Å². The van der Waals surface area contributed by atoms with Crippen LogP contribution in [0.3, 0.4) is 0 Å². The molecule has 0 saturated carbocycles. The second kappa shape index (κ2) is 6.37. The Morgan fingerprint density at radius 1 is 1.39 bits per heavy atom. The molecule has 98 valence electrons. The minimum atomic E-state index is 0.615. The zero-order chi connectivity index (χ0) is 12.8. The number of nitrogens with zero attached hydrogens (tertiary/aromatic N) is 1. The Morgan fingerprint density at radius 2 is 2.28 bits per heavy atom. The molecule has 0 radical (unpaired) electrons. The van der Waals surface area contributed by atoms with Crippen molar-refractivity contribution >= 4 is 0 Å². The van der Waals surface area contributed by atoms with Gasteiger partial charge in [0.1, 0.15) is 12.0 Å². The Kier molecular flexibility index (Phi) is 4.55. The number of methoxy groups -OCH3 is 1. The van der Waals surface area contributed by atoms with Gasteiger partial charge in [0.25, 0.3) is 0 Å². The van der Waals surface area contributed by atoms with Gasteiger partial charge in [-0.2, -0.15) is 0 Å². The number of rotatable bonds is 7. The highest BCUT2D eigenvalue weighted by molar-refractivity contribution is 5.55. The van der Waals surface area contributed by atoms with Gasteiger partial charge in [-0.3, -0.25) is 0 Å². The molecule has 0 atom stereocenters. The van der Waals surface area contributed by atoms with E-state index in [0.29, 0.717) is 19.0 Å². The monoisotopic (exact) mass is 250 g/mol. The summed E-state index contributed by atoms with van der Waals surface area (Å²) in [5, 5.41) is 3.22. The van der Waals surface area contributed by atoms with E-state index in [1.54, 1.807) is 19.6 Å². The van der Waals surface area contributed by atoms with Gasteiger partial charge in [0, 0.05) is 26.6 Å². The highest BCUT2D eigenvalue weighted by Crippen LogP contribution is 2.24. The van der Waals surface area contributed by atoms with Crippen LogP contribution in [0.4, 0.5) is 0 Å². The van der Waals surface area contributed by atoms with E-state index in [1.165, 1.54) is 0 Å². The lowest BCUT2D eigenvalue weighted by molar-refractivity contribution is 0.199. The quantitative estimate of drug-likeness (QED) is 0.763. The molecular weight excluding hydrogens is 232 g/mol. The number of aromatic nitrogens is 1. The Morgan fingerprint density at radius 3 is 3.06 bits per heavy atom. The first kappa shape index (κ1) is 12.9. The molecule has 2 rings (SSSR count). The van der Waals surface area contributed by atoms with Crippen LogP contribution in [0.2, 0.25) is 0 Å². The number of furan rings is 1. The highest BCUT2D eigenvalue weighted by atomic mass is 16.5. The second-order valence-corrected chi connectivity index (χ2v) is 3.92. The molecule has 0 saturated heterocycles. The SMILES string of the molecule is CCc1occc1-c1nc(CNCCOC)co1. The van der Waals surface area contributed by atoms with Gasteiger partial charge in [-0.25, -0.2) is 4.98 Å². The maximum Gasteiger partial charge on any atom is 0.229 e. The summed E-state index contributed by atoms with van der Waals surface area (Å²) in [7, 11) is 1.68. The Balaban J connectivity index is 1.97. The van der Waals surface area contributed by atoms with Gasteiger partial charge in [0.05, 0.1) is 24.1 Å². The topological polar surface area (TPSA) is 60.4 Å². The average molecular weight is 250 g/mol. The first-order valence-corrected chi connectivity index (χ1v) is 6.06. The molecule has 2 aromatic heterocycles. The molecule has 18 heavy (non-hydrogen) atoms. The Labute approximate surface area is 106 Å². The van der Waals surface area contributed by atoms with Crippen molar-refractivity contribution in [3.05, 3.63) is 30.0 Å². The summed E-state index contributed by atoms with van der Waals surface area (Å²) in [6.07, 6.45) is 4.16. The van der Waals surface area contributed by atoms with Crippen LogP contribution in [0, 0.1) is 0 Å². The fourth-order valence-electron chi connectivity index (χ4n) is 1.71. The van der Waals surface area contributed by atoms with E-state index in [1.807, 2.05) is 13.0 Å². The Bertz CT molecular complexity index is 476. The van der Waals surface area contributed by atoms with Crippen molar-refractivity contribution in [2.24, 2.45) is 0 Å². The standard InChI is InChI=1S/C13H18N2O3/c1-3-12-11(4-6-17-12)13-15-10(9-18-13)8-14-5-7-16-2/h4,6,9,14H,3,5,7-8H2,1-2H3. The molecule has 0 aliphatic rings. The van der Waals surface area contributed by atoms with Gasteiger partial charge < -0.3 is 18.9 Å². The zero-order valence-corrected chi connectivity index (χ0v) is 10.7. The second-order valence-electron chi connectivity index (χ2n) is 3.92. The molecule has 5 heteroatoms. The number of aryl methyl sites for hydroxylation is 1. The van der Waals surface area contributed by atoms with E-state index in [4.69, 9.17) is 13.6 Å². The first-order valence-electron chi connectivity index (χ1n) is 6.06. The third kappa shape index (κ3) is 3.00. The maximum atomic E-state index is 5.47. The molecule has 1 N–H and O–H groups in total. The molecule has 0 bridgehead atoms. The van der Waals surface area contributed by atoms with E-state index < -0.39 is 0 Å². The molecule has 0 spiro atoms. The summed E-state index contributed by atoms with van der Waals surface area (Å²) in [5.41, 5.74) is 1.81. The van der Waals surface area contributed by atoms with E-state index in [2.05, 4.69) is 10.3 Å². The van der Waals surface area contributed by atoms with Crippen molar-refractivity contribution in [3.63, 3.8) is 0 Å². The fraction of sp³-hybridized carbons (Fsp3) is 0.462. The predicted molar refractivity (Wildman–Crippen MR) is 67.2 cm³/mol. The number of hydrogen-bond acceptors (Lipinski definition) is 5. The van der Waals surface area contributed by atoms with Crippen LogP contribution >= 0.6 is 0 Å². The summed E-state index contributed by atoms with van der Waals surface area (Å²) in [6, 6.07) is 1.88. The van der Waals surface area contributed by atoms with Crippen LogP contribution in [0.15, 0.2) is 27.4 Å². The van der Waals surface area contributed by atoms with Crippen molar-refractivity contribution in [1.29, 1.82) is 0 Å². The number of hydrogen-bond donors (Lipinski definition) is 1. The number of ether oxygens (including phenoxy) is 1. The largest absolute Gasteiger partial charge is 0.469 e. The number of nitrogens with one attached hydrogen (secondary N) is 1. The molecule has 0 aliphatic carbocycles. The van der Waals surface area contributed by atoms with Crippen molar-refractivity contribution in [2.45, 2.75) is 19.9 Å². The van der Waals surface area contributed by atoms with Gasteiger partial charge in [0.2, 0.25) is 5.89 Å². The summed E-state index contributed by atoms with van der Waals surface area (Å²) >= 11 is 0. The third-order valence-electron chi connectivity index (χ3n) is 2.64. The zero-order valence-electron chi connectivity index (χ0n) is 10.7. The van der Waals surface area contributed by atoms with Gasteiger partial charge in [-0.1, -0.05) is 6.92 Å². The van der Waals surface area contributed by atoms with Gasteiger partial charge in [-0.05, 0) is 6.07 Å². The molecular formula is C13H18N2O3. The minimum absolute atomic E-state index is 0.615. The molecule has 2 aromatic rings. The molecule has 0 amide bonds. The van der Waals surface area contributed by atoms with E-state index >= 15 is 0 Å². The van der Waals surface area contributed by atoms with E-state index in [-0.39, 0.29) is 0 Å². The third-order valence-corrected chi connectivity index (χ3v) is 2.64. The summed E-state index contributed by atoms with van der Waals surface area (Å²) in [6.45, 7) is 4.20. The van der Waals surface area contributed by atoms with Crippen LogP contribution < -0.4 is 5.32 Å². The van der Waals surface area contributed by atoms with Crippen molar-refractivity contribution in [3.8, 4) is 11.5 Å². The molecule has 0 aromatic carbocycles. The van der Waals surface area contributed by atoms with Gasteiger partial charge in [-0.15, -0.1) is 0 Å². The van der Waals surface area contributed by atoms with E-state index in [9.17, 15) is 0 Å². The maximum absolute atomic E-state index is 5.47. The van der Waals surface area contributed by atoms with Crippen LogP contribution in [0.5, 0.6) is 0 Å². The van der Waals surface area contributed by atoms with Gasteiger partial charge >= 0.3 is 0 Å². The molecule has 2 heterocycles. The molecule has 0 aliphatic heterocycles. The number of oxazole rings is 1. The smallest absolute Gasteiger partial charge is 0.229 e. The summed E-state index contributed by atoms with van der Waals surface area (Å²) in [4.78, 5) is 4.43. The van der Waals surface area contributed by atoms with Crippen molar-refractivity contribution < 1.29 is 13.6 Å². The molecule has 0 fully saturated rings. The fourth-order valence-corrected chi connectivity index (χ4v) is 1.71. The Hall–Kier alpha value is -1.59. The normalized spacial score (nSPS) is 11.0.